The lowest BCUT2D eigenvalue weighted by Gasteiger charge is -2.33. The van der Waals surface area contributed by atoms with Crippen LogP contribution >= 0.6 is 0 Å². The van der Waals surface area contributed by atoms with Gasteiger partial charge in [0.1, 0.15) is 5.82 Å². The van der Waals surface area contributed by atoms with Gasteiger partial charge in [-0.15, -0.1) is 0 Å². The second kappa shape index (κ2) is 6.26. The molecule has 0 N–H and O–H groups in total. The summed E-state index contributed by atoms with van der Waals surface area (Å²) in [5, 5.41) is 4.06. The second-order valence-corrected chi connectivity index (χ2v) is 5.76. The van der Waals surface area contributed by atoms with Gasteiger partial charge < -0.3 is 4.90 Å². The molecule has 2 heterocycles. The van der Waals surface area contributed by atoms with Crippen LogP contribution in [0.4, 0.5) is 17.6 Å². The Kier molecular flexibility index (Phi) is 4.29. The molecule has 8 heteroatoms. The number of hydrogen-bond donors (Lipinski definition) is 0. The third-order valence-corrected chi connectivity index (χ3v) is 4.05. The van der Waals surface area contributed by atoms with E-state index < -0.39 is 23.8 Å². The van der Waals surface area contributed by atoms with E-state index in [4.69, 9.17) is 0 Å². The van der Waals surface area contributed by atoms with E-state index >= 15 is 0 Å². The van der Waals surface area contributed by atoms with Gasteiger partial charge in [0, 0.05) is 19.3 Å². The Hall–Kier alpha value is -2.38. The average Bonchev–Trinajstić information content (AvgIpc) is 3.03. The highest BCUT2D eigenvalue weighted by Gasteiger charge is 2.42. The van der Waals surface area contributed by atoms with Crippen LogP contribution in [0.25, 0.3) is 5.69 Å². The zero-order valence-corrected chi connectivity index (χ0v) is 12.6. The van der Waals surface area contributed by atoms with Gasteiger partial charge in [-0.1, -0.05) is 6.07 Å². The van der Waals surface area contributed by atoms with Crippen molar-refractivity contribution >= 4 is 5.91 Å². The maximum absolute atomic E-state index is 13.2. The summed E-state index contributed by atoms with van der Waals surface area (Å²) >= 11 is 0. The number of rotatable bonds is 2. The minimum atomic E-state index is -4.31. The summed E-state index contributed by atoms with van der Waals surface area (Å²) in [4.78, 5) is 13.6. The number of likely N-dealkylation sites (tertiary alicyclic amines) is 1. The van der Waals surface area contributed by atoms with Gasteiger partial charge in [-0.2, -0.15) is 18.3 Å². The van der Waals surface area contributed by atoms with Crippen LogP contribution in [-0.2, 0) is 0 Å². The van der Waals surface area contributed by atoms with Crippen LogP contribution in [0.15, 0.2) is 36.5 Å². The normalized spacial score (nSPS) is 18.7. The highest BCUT2D eigenvalue weighted by Crippen LogP contribution is 2.33. The molecule has 1 fully saturated rings. The third kappa shape index (κ3) is 3.42. The average molecular weight is 341 g/mol. The summed E-state index contributed by atoms with van der Waals surface area (Å²) in [6.45, 7) is -0.0760. The Morgan fingerprint density at radius 2 is 2.04 bits per heavy atom. The molecule has 128 valence electrons. The van der Waals surface area contributed by atoms with Gasteiger partial charge in [0.25, 0.3) is 5.91 Å². The quantitative estimate of drug-likeness (QED) is 0.785. The molecule has 3 rings (SSSR count). The van der Waals surface area contributed by atoms with Crippen molar-refractivity contribution in [2.45, 2.75) is 19.0 Å². The van der Waals surface area contributed by atoms with Gasteiger partial charge in [0.2, 0.25) is 0 Å². The fourth-order valence-corrected chi connectivity index (χ4v) is 2.79. The van der Waals surface area contributed by atoms with Crippen LogP contribution in [0.1, 0.15) is 23.3 Å². The first-order valence-corrected chi connectivity index (χ1v) is 7.52. The van der Waals surface area contributed by atoms with Crippen molar-refractivity contribution in [1.82, 2.24) is 14.7 Å². The van der Waals surface area contributed by atoms with Crippen molar-refractivity contribution < 1.29 is 22.4 Å². The Balaban J connectivity index is 1.76. The fourth-order valence-electron chi connectivity index (χ4n) is 2.79. The molecule has 24 heavy (non-hydrogen) atoms. The van der Waals surface area contributed by atoms with Gasteiger partial charge in [0.15, 0.2) is 5.69 Å². The first kappa shape index (κ1) is 16.5. The molecular weight excluding hydrogens is 326 g/mol. The van der Waals surface area contributed by atoms with E-state index in [0.717, 1.165) is 0 Å². The number of halogens is 4. The Morgan fingerprint density at radius 3 is 2.75 bits per heavy atom. The van der Waals surface area contributed by atoms with Gasteiger partial charge in [0.05, 0.1) is 11.6 Å². The molecule has 0 radical (unpaired) electrons. The van der Waals surface area contributed by atoms with Crippen molar-refractivity contribution in [3.63, 3.8) is 0 Å². The molecule has 1 aliphatic rings. The number of benzene rings is 1. The van der Waals surface area contributed by atoms with Crippen molar-refractivity contribution in [3.8, 4) is 5.69 Å². The lowest BCUT2D eigenvalue weighted by molar-refractivity contribution is -0.184. The molecular formula is C16H15F4N3O. The number of piperidine rings is 1. The third-order valence-electron chi connectivity index (χ3n) is 4.05. The van der Waals surface area contributed by atoms with E-state index in [0.29, 0.717) is 12.1 Å². The zero-order valence-electron chi connectivity index (χ0n) is 12.6. The molecule has 2 aromatic rings. The highest BCUT2D eigenvalue weighted by molar-refractivity contribution is 5.92. The molecule has 0 bridgehead atoms. The summed E-state index contributed by atoms with van der Waals surface area (Å²) in [5.74, 6) is -2.49. The first-order chi connectivity index (χ1) is 11.3. The number of alkyl halides is 3. The maximum Gasteiger partial charge on any atom is 0.393 e. The molecule has 0 unspecified atom stereocenters. The van der Waals surface area contributed by atoms with Gasteiger partial charge in [-0.05, 0) is 37.1 Å². The molecule has 4 nitrogen and oxygen atoms in total. The van der Waals surface area contributed by atoms with E-state index in [1.165, 1.54) is 40.0 Å². The van der Waals surface area contributed by atoms with E-state index in [-0.39, 0.29) is 25.2 Å². The van der Waals surface area contributed by atoms with E-state index in [2.05, 4.69) is 5.10 Å². The topological polar surface area (TPSA) is 38.1 Å². The Morgan fingerprint density at radius 1 is 1.25 bits per heavy atom. The molecule has 0 aliphatic carbocycles. The van der Waals surface area contributed by atoms with E-state index in [9.17, 15) is 22.4 Å². The van der Waals surface area contributed by atoms with Crippen LogP contribution in [0.3, 0.4) is 0 Å². The second-order valence-electron chi connectivity index (χ2n) is 5.76. The lowest BCUT2D eigenvalue weighted by atomic mass is 9.97. The minimum Gasteiger partial charge on any atom is -0.337 e. The largest absolute Gasteiger partial charge is 0.393 e. The standard InChI is InChI=1S/C16H15F4N3O/c17-12-4-1-5-13(9-12)23-8-6-14(21-23)15(24)22-7-2-3-11(10-22)16(18,19)20/h1,4-6,8-9,11H,2-3,7,10H2/t11-/m1/s1. The van der Waals surface area contributed by atoms with Gasteiger partial charge in [-0.3, -0.25) is 4.79 Å². The van der Waals surface area contributed by atoms with Crippen LogP contribution in [-0.4, -0.2) is 39.9 Å². The predicted octanol–water partition coefficient (Wildman–Crippen LogP) is 3.43. The smallest absolute Gasteiger partial charge is 0.337 e. The van der Waals surface area contributed by atoms with Crippen LogP contribution < -0.4 is 0 Å². The summed E-state index contributed by atoms with van der Waals surface area (Å²) in [7, 11) is 0. The summed E-state index contributed by atoms with van der Waals surface area (Å²) in [5.41, 5.74) is 0.475. The molecule has 0 saturated carbocycles. The molecule has 1 atom stereocenters. The summed E-state index contributed by atoms with van der Waals surface area (Å²) in [6.07, 6.45) is -2.49. The highest BCUT2D eigenvalue weighted by atomic mass is 19.4. The van der Waals surface area contributed by atoms with Gasteiger partial charge in [-0.25, -0.2) is 9.07 Å². The number of carbonyl (C=O) groups excluding carboxylic acids is 1. The lowest BCUT2D eigenvalue weighted by Crippen LogP contribution is -2.44. The molecule has 1 aromatic heterocycles. The molecule has 0 spiro atoms. The van der Waals surface area contributed by atoms with Crippen LogP contribution in [0.2, 0.25) is 0 Å². The van der Waals surface area contributed by atoms with Gasteiger partial charge >= 0.3 is 6.18 Å². The Labute approximate surface area is 135 Å². The van der Waals surface area contributed by atoms with Crippen molar-refractivity contribution in [2.24, 2.45) is 5.92 Å². The molecule has 1 aromatic carbocycles. The van der Waals surface area contributed by atoms with Crippen LogP contribution in [0.5, 0.6) is 0 Å². The van der Waals surface area contributed by atoms with Crippen molar-refractivity contribution in [3.05, 3.63) is 48.0 Å². The monoisotopic (exact) mass is 341 g/mol. The first-order valence-electron chi connectivity index (χ1n) is 7.52. The minimum absolute atomic E-state index is 0.0328. The Bertz CT molecular complexity index is 741. The number of amides is 1. The molecule has 1 amide bonds. The fraction of sp³-hybridized carbons (Fsp3) is 0.375. The van der Waals surface area contributed by atoms with Crippen LogP contribution in [0, 0.1) is 11.7 Å². The zero-order chi connectivity index (χ0) is 17.3. The number of carbonyl (C=O) groups is 1. The number of nitrogens with zero attached hydrogens (tertiary/aromatic N) is 3. The SMILES string of the molecule is O=C(c1ccn(-c2cccc(F)c2)n1)N1CCC[C@@H](C(F)(F)F)C1. The summed E-state index contributed by atoms with van der Waals surface area (Å²) < 4.78 is 53.1. The van der Waals surface area contributed by atoms with E-state index in [1.807, 2.05) is 0 Å². The number of hydrogen-bond acceptors (Lipinski definition) is 2. The summed E-state index contributed by atoms with van der Waals surface area (Å²) in [6, 6.07) is 7.08. The molecule has 1 saturated heterocycles. The molecule has 1 aliphatic heterocycles. The van der Waals surface area contributed by atoms with Crippen molar-refractivity contribution in [1.29, 1.82) is 0 Å². The predicted molar refractivity (Wildman–Crippen MR) is 78.2 cm³/mol. The maximum atomic E-state index is 13.2. The van der Waals surface area contributed by atoms with E-state index in [1.54, 1.807) is 6.07 Å². The van der Waals surface area contributed by atoms with Crippen molar-refractivity contribution in [2.75, 3.05) is 13.1 Å². The number of aromatic nitrogens is 2.